The summed E-state index contributed by atoms with van der Waals surface area (Å²) in [5.74, 6) is -4.27. The van der Waals surface area contributed by atoms with Crippen LogP contribution in [0.4, 0.5) is 27.8 Å². The van der Waals surface area contributed by atoms with Gasteiger partial charge < -0.3 is 19.3 Å². The van der Waals surface area contributed by atoms with Gasteiger partial charge in [-0.25, -0.2) is 31.9 Å². The lowest BCUT2D eigenvalue weighted by Gasteiger charge is -2.55. The lowest BCUT2D eigenvalue weighted by Crippen LogP contribution is -2.73. The van der Waals surface area contributed by atoms with Crippen LogP contribution in [0.25, 0.3) is 39.0 Å². The highest BCUT2D eigenvalue weighted by Gasteiger charge is 2.52. The first kappa shape index (κ1) is 35.4. The summed E-state index contributed by atoms with van der Waals surface area (Å²) in [5, 5.41) is 0.420. The number of halogens is 5. The van der Waals surface area contributed by atoms with Crippen LogP contribution in [0.15, 0.2) is 54.6 Å². The molecule has 0 bridgehead atoms. The number of nitrogens with zero attached hydrogens (tertiary/aromatic N) is 8. The van der Waals surface area contributed by atoms with Gasteiger partial charge in [-0.3, -0.25) is 14.7 Å². The second-order valence-electron chi connectivity index (χ2n) is 14.8. The number of carbonyl (C=O) groups is 1. The third-order valence-electron chi connectivity index (χ3n) is 11.3. The van der Waals surface area contributed by atoms with E-state index in [1.54, 1.807) is 19.1 Å². The highest BCUT2D eigenvalue weighted by atomic mass is 19.2. The van der Waals surface area contributed by atoms with Gasteiger partial charge in [-0.1, -0.05) is 24.3 Å². The molecule has 2 aromatic carbocycles. The Morgan fingerprint density at radius 1 is 1.04 bits per heavy atom. The van der Waals surface area contributed by atoms with E-state index >= 15 is 13.2 Å². The van der Waals surface area contributed by atoms with Crippen LogP contribution in [-0.4, -0.2) is 110 Å². The Hall–Kier alpha value is -5.35. The van der Waals surface area contributed by atoms with Gasteiger partial charge in [0.1, 0.15) is 41.2 Å². The van der Waals surface area contributed by atoms with Crippen molar-refractivity contribution in [2.75, 3.05) is 57.4 Å². The van der Waals surface area contributed by atoms with Crippen LogP contribution in [0, 0.1) is 24.4 Å². The van der Waals surface area contributed by atoms with Gasteiger partial charge in [-0.05, 0) is 43.8 Å². The number of fused-ring (bicyclic) bond motifs is 3. The van der Waals surface area contributed by atoms with Crippen molar-refractivity contribution < 1.29 is 36.2 Å². The number of amides is 1. The normalized spacial score (nSPS) is 22.4. The second kappa shape index (κ2) is 13.4. The van der Waals surface area contributed by atoms with Crippen molar-refractivity contribution in [3.8, 4) is 17.3 Å². The number of aromatic nitrogens is 5. The lowest BCUT2D eigenvalue weighted by molar-refractivity contribution is -0.167. The number of rotatable bonds is 7. The first-order valence-electron chi connectivity index (χ1n) is 18.1. The Balaban J connectivity index is 1.10. The van der Waals surface area contributed by atoms with E-state index in [9.17, 15) is 13.6 Å². The Morgan fingerprint density at radius 2 is 1.89 bits per heavy atom. The van der Waals surface area contributed by atoms with Crippen LogP contribution in [0.3, 0.4) is 0 Å². The molecule has 7 heterocycles. The molecule has 0 N–H and O–H groups in total. The molecule has 16 heteroatoms. The first-order valence-corrected chi connectivity index (χ1v) is 18.1. The molecule has 3 aromatic heterocycles. The minimum atomic E-state index is -1.14. The van der Waals surface area contributed by atoms with Gasteiger partial charge in [-0.15, -0.1) is 0 Å². The maximum atomic E-state index is 16.9. The van der Waals surface area contributed by atoms with Crippen LogP contribution < -0.4 is 9.64 Å². The van der Waals surface area contributed by atoms with E-state index in [2.05, 4.69) is 24.8 Å². The summed E-state index contributed by atoms with van der Waals surface area (Å²) in [6.07, 6.45) is 4.82. The number of ether oxygens (including phenoxy) is 2. The third-order valence-corrected chi connectivity index (χ3v) is 11.3. The number of hydrogen-bond donors (Lipinski definition) is 0. The first-order chi connectivity index (χ1) is 26.5. The Bertz CT molecular complexity index is 2400. The zero-order valence-corrected chi connectivity index (χ0v) is 29.7. The summed E-state index contributed by atoms with van der Waals surface area (Å²) >= 11 is 0. The van der Waals surface area contributed by atoms with Crippen molar-refractivity contribution in [1.29, 1.82) is 0 Å². The van der Waals surface area contributed by atoms with Crippen molar-refractivity contribution in [1.82, 2.24) is 34.7 Å². The zero-order valence-electron chi connectivity index (χ0n) is 29.7. The number of piperazine rings is 1. The number of aryl methyl sites for hydroxylation is 1. The van der Waals surface area contributed by atoms with E-state index in [1.807, 2.05) is 4.90 Å². The fourth-order valence-corrected chi connectivity index (χ4v) is 8.61. The predicted octanol–water partition coefficient (Wildman–Crippen LogP) is 5.74. The summed E-state index contributed by atoms with van der Waals surface area (Å²) in [6.45, 7) is 3.38. The summed E-state index contributed by atoms with van der Waals surface area (Å²) in [6, 6.07) is 8.39. The average Bonchev–Trinajstić information content (AvgIpc) is 3.69. The number of hydrogen-bond acceptors (Lipinski definition) is 10. The summed E-state index contributed by atoms with van der Waals surface area (Å²) < 4.78 is 88.5. The minimum absolute atomic E-state index is 0.0295. The number of benzene rings is 2. The van der Waals surface area contributed by atoms with Gasteiger partial charge in [0.15, 0.2) is 23.3 Å². The second-order valence-corrected chi connectivity index (χ2v) is 14.8. The third kappa shape index (κ3) is 6.02. The van der Waals surface area contributed by atoms with Crippen LogP contribution in [0.2, 0.25) is 0 Å². The van der Waals surface area contributed by atoms with Crippen molar-refractivity contribution in [3.05, 3.63) is 83.6 Å². The molecule has 284 valence electrons. The molecule has 4 aliphatic heterocycles. The smallest absolute Gasteiger partial charge is 0.319 e. The molecule has 0 aliphatic carbocycles. The average molecular weight is 759 g/mol. The molecule has 1 amide bonds. The van der Waals surface area contributed by atoms with Gasteiger partial charge in [0.2, 0.25) is 0 Å². The molecule has 0 unspecified atom stereocenters. The molecular weight excluding hydrogens is 723 g/mol. The van der Waals surface area contributed by atoms with E-state index in [0.717, 1.165) is 31.5 Å². The highest BCUT2D eigenvalue weighted by Crippen LogP contribution is 2.42. The summed E-state index contributed by atoms with van der Waals surface area (Å²) in [7, 11) is 0. The highest BCUT2D eigenvalue weighted by molar-refractivity contribution is 6.00. The fraction of sp³-hybridized carbons (Fsp3) is 0.385. The lowest BCUT2D eigenvalue weighted by atomic mass is 9.91. The van der Waals surface area contributed by atoms with Crippen LogP contribution in [0.5, 0.6) is 6.01 Å². The van der Waals surface area contributed by atoms with Gasteiger partial charge in [0, 0.05) is 62.0 Å². The maximum absolute atomic E-state index is 16.9. The molecule has 1 spiro atoms. The summed E-state index contributed by atoms with van der Waals surface area (Å²) in [4.78, 5) is 40.8. The molecule has 5 aromatic rings. The predicted molar refractivity (Wildman–Crippen MR) is 192 cm³/mol. The SMILES string of the molecule is Cc1nccc(/C=C(\F)C(=O)N2CCN(c3nc(OC[C@@]45CCCN4C[C@H](F)C5)nc4c(F)c(-c5cccc6ccc(F)c(F)c56)ncc34)CC23COC3)n1. The maximum Gasteiger partial charge on any atom is 0.319 e. The van der Waals surface area contributed by atoms with E-state index in [1.165, 1.54) is 35.5 Å². The Kier molecular flexibility index (Phi) is 8.64. The number of alkyl halides is 1. The van der Waals surface area contributed by atoms with Crippen LogP contribution in [-0.2, 0) is 9.53 Å². The molecule has 2 atom stereocenters. The topological polar surface area (TPSA) is 110 Å². The Labute approximate surface area is 311 Å². The quantitative estimate of drug-likeness (QED) is 0.151. The number of carbonyl (C=O) groups excluding carboxylic acids is 1. The zero-order chi connectivity index (χ0) is 38.1. The van der Waals surface area contributed by atoms with E-state index < -0.39 is 46.4 Å². The largest absolute Gasteiger partial charge is 0.461 e. The van der Waals surface area contributed by atoms with Gasteiger partial charge in [0.05, 0.1) is 29.8 Å². The molecule has 55 heavy (non-hydrogen) atoms. The molecule has 0 radical (unpaired) electrons. The molecule has 4 aliphatic rings. The van der Waals surface area contributed by atoms with Crippen molar-refractivity contribution in [2.24, 2.45) is 0 Å². The van der Waals surface area contributed by atoms with E-state index in [-0.39, 0.29) is 84.5 Å². The molecule has 0 saturated carbocycles. The Morgan fingerprint density at radius 3 is 2.69 bits per heavy atom. The monoisotopic (exact) mass is 758 g/mol. The molecule has 9 rings (SSSR count). The molecule has 11 nitrogen and oxygen atoms in total. The molecular formula is C39H35F5N8O3. The van der Waals surface area contributed by atoms with Crippen LogP contribution >= 0.6 is 0 Å². The van der Waals surface area contributed by atoms with Crippen molar-refractivity contribution in [2.45, 2.75) is 43.4 Å². The van der Waals surface area contributed by atoms with Gasteiger partial charge >= 0.3 is 6.01 Å². The van der Waals surface area contributed by atoms with Gasteiger partial charge in [0.25, 0.3) is 5.91 Å². The fourth-order valence-electron chi connectivity index (χ4n) is 8.61. The minimum Gasteiger partial charge on any atom is -0.461 e. The van der Waals surface area contributed by atoms with Crippen molar-refractivity contribution >= 4 is 39.5 Å². The molecule has 4 saturated heterocycles. The van der Waals surface area contributed by atoms with Gasteiger partial charge in [-0.2, -0.15) is 9.97 Å². The van der Waals surface area contributed by atoms with Crippen LogP contribution in [0.1, 0.15) is 30.8 Å². The summed E-state index contributed by atoms with van der Waals surface area (Å²) in [5.41, 5.74) is -1.65. The molecule has 4 fully saturated rings. The number of anilines is 1. The van der Waals surface area contributed by atoms with E-state index in [4.69, 9.17) is 14.5 Å². The standard InChI is InChI=1S/C39H35F5N8O3/c1-22-45-10-8-25(47-22)14-29(42)36(53)52-13-12-50(18-39(52)19-54-20-39)35-27-16-46-33(26-5-2-4-23-6-7-28(41)31(43)30(23)26)32(44)34(27)48-37(49-35)55-21-38-9-3-11-51(38)17-24(40)15-38/h2,4-8,10,14,16,24H,3,9,11-13,15,17-21H2,1H3/b29-14-/t24-,38+/m1/s1. The number of pyridine rings is 1. The van der Waals surface area contributed by atoms with Crippen molar-refractivity contribution in [3.63, 3.8) is 0 Å². The van der Waals surface area contributed by atoms with E-state index in [0.29, 0.717) is 24.2 Å².